The molecule has 1 aliphatic rings. The Morgan fingerprint density at radius 3 is 2.56 bits per heavy atom. The normalized spacial score (nSPS) is 17.8. The first-order valence-electron chi connectivity index (χ1n) is 5.76. The standard InChI is InChI=1S/C13H18BrNO/c1-15(9-13(16)11-4-5-11)8-10-2-6-12(14)7-3-10/h2-3,6-7,11,13,16H,4-5,8-9H2,1H3. The van der Waals surface area contributed by atoms with E-state index in [2.05, 4.69) is 52.1 Å². The second-order valence-electron chi connectivity index (χ2n) is 4.73. The minimum absolute atomic E-state index is 0.138. The van der Waals surface area contributed by atoms with Gasteiger partial charge in [0.2, 0.25) is 0 Å². The number of benzene rings is 1. The fourth-order valence-electron chi connectivity index (χ4n) is 1.92. The Bertz CT molecular complexity index is 334. The van der Waals surface area contributed by atoms with Crippen molar-refractivity contribution in [3.8, 4) is 0 Å². The second-order valence-corrected chi connectivity index (χ2v) is 5.64. The van der Waals surface area contributed by atoms with E-state index in [9.17, 15) is 5.11 Å². The number of aliphatic hydroxyl groups excluding tert-OH is 1. The van der Waals surface area contributed by atoms with Crippen LogP contribution >= 0.6 is 15.9 Å². The lowest BCUT2D eigenvalue weighted by Gasteiger charge is -2.20. The number of likely N-dealkylation sites (N-methyl/N-ethyl adjacent to an activating group) is 1. The maximum Gasteiger partial charge on any atom is 0.0695 e. The minimum Gasteiger partial charge on any atom is -0.392 e. The van der Waals surface area contributed by atoms with E-state index in [-0.39, 0.29) is 6.10 Å². The number of halogens is 1. The number of rotatable bonds is 5. The van der Waals surface area contributed by atoms with Gasteiger partial charge >= 0.3 is 0 Å². The van der Waals surface area contributed by atoms with Crippen LogP contribution in [0.15, 0.2) is 28.7 Å². The molecular weight excluding hydrogens is 266 g/mol. The minimum atomic E-state index is -0.138. The summed E-state index contributed by atoms with van der Waals surface area (Å²) in [5.41, 5.74) is 1.29. The van der Waals surface area contributed by atoms with Gasteiger partial charge in [-0.2, -0.15) is 0 Å². The monoisotopic (exact) mass is 283 g/mol. The van der Waals surface area contributed by atoms with Crippen molar-refractivity contribution < 1.29 is 5.11 Å². The third-order valence-electron chi connectivity index (χ3n) is 3.03. The van der Waals surface area contributed by atoms with Gasteiger partial charge in [0.1, 0.15) is 0 Å². The first-order chi connectivity index (χ1) is 7.65. The van der Waals surface area contributed by atoms with Crippen LogP contribution in [0.4, 0.5) is 0 Å². The third-order valence-corrected chi connectivity index (χ3v) is 3.56. The van der Waals surface area contributed by atoms with E-state index in [0.29, 0.717) is 5.92 Å². The third kappa shape index (κ3) is 3.58. The van der Waals surface area contributed by atoms with Gasteiger partial charge in [0.05, 0.1) is 6.10 Å². The molecule has 88 valence electrons. The van der Waals surface area contributed by atoms with Crippen molar-refractivity contribution in [2.75, 3.05) is 13.6 Å². The van der Waals surface area contributed by atoms with Gasteiger partial charge in [0.15, 0.2) is 0 Å². The van der Waals surface area contributed by atoms with Crippen molar-refractivity contribution in [3.63, 3.8) is 0 Å². The van der Waals surface area contributed by atoms with Gasteiger partial charge in [-0.1, -0.05) is 28.1 Å². The van der Waals surface area contributed by atoms with Gasteiger partial charge in [-0.25, -0.2) is 0 Å². The zero-order valence-corrected chi connectivity index (χ0v) is 11.2. The predicted octanol–water partition coefficient (Wildman–Crippen LogP) is 2.65. The van der Waals surface area contributed by atoms with E-state index >= 15 is 0 Å². The van der Waals surface area contributed by atoms with Gasteiger partial charge in [0.25, 0.3) is 0 Å². The summed E-state index contributed by atoms with van der Waals surface area (Å²) in [6.45, 7) is 1.68. The van der Waals surface area contributed by atoms with Crippen molar-refractivity contribution in [3.05, 3.63) is 34.3 Å². The van der Waals surface area contributed by atoms with Crippen LogP contribution in [-0.2, 0) is 6.54 Å². The highest BCUT2D eigenvalue weighted by Crippen LogP contribution is 2.32. The smallest absolute Gasteiger partial charge is 0.0695 e. The van der Waals surface area contributed by atoms with Crippen molar-refractivity contribution in [1.29, 1.82) is 0 Å². The lowest BCUT2D eigenvalue weighted by atomic mass is 10.2. The van der Waals surface area contributed by atoms with E-state index in [1.807, 2.05) is 0 Å². The average Bonchev–Trinajstić information content (AvgIpc) is 3.04. The molecule has 0 saturated heterocycles. The van der Waals surface area contributed by atoms with Crippen molar-refractivity contribution in [2.45, 2.75) is 25.5 Å². The largest absolute Gasteiger partial charge is 0.392 e. The SMILES string of the molecule is CN(Cc1ccc(Br)cc1)CC(O)C1CC1. The summed E-state index contributed by atoms with van der Waals surface area (Å²) in [4.78, 5) is 2.19. The molecule has 1 aliphatic carbocycles. The second kappa shape index (κ2) is 5.30. The van der Waals surface area contributed by atoms with Gasteiger partial charge in [-0.05, 0) is 43.5 Å². The van der Waals surface area contributed by atoms with Gasteiger partial charge in [-0.3, -0.25) is 4.90 Å². The predicted molar refractivity (Wildman–Crippen MR) is 69.2 cm³/mol. The lowest BCUT2D eigenvalue weighted by molar-refractivity contribution is 0.104. The molecule has 1 fully saturated rings. The van der Waals surface area contributed by atoms with Crippen LogP contribution in [0.5, 0.6) is 0 Å². The Kier molecular flexibility index (Phi) is 4.00. The Morgan fingerprint density at radius 1 is 1.38 bits per heavy atom. The van der Waals surface area contributed by atoms with Crippen LogP contribution < -0.4 is 0 Å². The quantitative estimate of drug-likeness (QED) is 0.898. The molecule has 2 nitrogen and oxygen atoms in total. The summed E-state index contributed by atoms with van der Waals surface area (Å²) in [7, 11) is 2.06. The number of hydrogen-bond acceptors (Lipinski definition) is 2. The highest BCUT2D eigenvalue weighted by Gasteiger charge is 2.30. The molecule has 0 spiro atoms. The lowest BCUT2D eigenvalue weighted by Crippen LogP contribution is -2.30. The molecule has 0 amide bonds. The Hall–Kier alpha value is -0.380. The van der Waals surface area contributed by atoms with Gasteiger partial charge in [0, 0.05) is 17.6 Å². The van der Waals surface area contributed by atoms with E-state index in [1.54, 1.807) is 0 Å². The topological polar surface area (TPSA) is 23.5 Å². The number of nitrogens with zero attached hydrogens (tertiary/aromatic N) is 1. The molecule has 0 heterocycles. The van der Waals surface area contributed by atoms with Crippen molar-refractivity contribution in [2.24, 2.45) is 5.92 Å². The molecule has 0 aliphatic heterocycles. The molecular formula is C13H18BrNO. The molecule has 1 saturated carbocycles. The summed E-state index contributed by atoms with van der Waals surface area (Å²) >= 11 is 3.43. The fraction of sp³-hybridized carbons (Fsp3) is 0.538. The van der Waals surface area contributed by atoms with Crippen molar-refractivity contribution in [1.82, 2.24) is 4.90 Å². The molecule has 0 aromatic heterocycles. The fourth-order valence-corrected chi connectivity index (χ4v) is 2.18. The summed E-state index contributed by atoms with van der Waals surface area (Å²) in [6.07, 6.45) is 2.26. The Morgan fingerprint density at radius 2 is 2.00 bits per heavy atom. The zero-order valence-electron chi connectivity index (χ0n) is 9.56. The van der Waals surface area contributed by atoms with Gasteiger partial charge in [-0.15, -0.1) is 0 Å². The van der Waals surface area contributed by atoms with Crippen LogP contribution in [0.2, 0.25) is 0 Å². The van der Waals surface area contributed by atoms with E-state index < -0.39 is 0 Å². The Balaban J connectivity index is 1.81. The average molecular weight is 284 g/mol. The van der Waals surface area contributed by atoms with E-state index in [0.717, 1.165) is 17.6 Å². The molecule has 3 heteroatoms. The highest BCUT2D eigenvalue weighted by atomic mass is 79.9. The van der Waals surface area contributed by atoms with Crippen LogP contribution in [0, 0.1) is 5.92 Å². The van der Waals surface area contributed by atoms with Crippen LogP contribution in [0.3, 0.4) is 0 Å². The first-order valence-corrected chi connectivity index (χ1v) is 6.55. The summed E-state index contributed by atoms with van der Waals surface area (Å²) in [5.74, 6) is 0.562. The maximum absolute atomic E-state index is 9.83. The number of hydrogen-bond donors (Lipinski definition) is 1. The van der Waals surface area contributed by atoms with Crippen LogP contribution in [0.25, 0.3) is 0 Å². The molecule has 1 aromatic rings. The molecule has 2 rings (SSSR count). The molecule has 0 radical (unpaired) electrons. The Labute approximate surface area is 105 Å². The maximum atomic E-state index is 9.83. The zero-order chi connectivity index (χ0) is 11.5. The summed E-state index contributed by atoms with van der Waals surface area (Å²) in [5, 5.41) is 9.83. The molecule has 1 N–H and O–H groups in total. The molecule has 1 unspecified atom stereocenters. The van der Waals surface area contributed by atoms with Crippen LogP contribution in [-0.4, -0.2) is 29.7 Å². The van der Waals surface area contributed by atoms with E-state index in [4.69, 9.17) is 0 Å². The molecule has 0 bridgehead atoms. The van der Waals surface area contributed by atoms with E-state index in [1.165, 1.54) is 18.4 Å². The first kappa shape index (κ1) is 12.1. The number of aliphatic hydroxyl groups is 1. The van der Waals surface area contributed by atoms with Gasteiger partial charge < -0.3 is 5.11 Å². The highest BCUT2D eigenvalue weighted by molar-refractivity contribution is 9.10. The molecule has 1 aromatic carbocycles. The molecule has 16 heavy (non-hydrogen) atoms. The summed E-state index contributed by atoms with van der Waals surface area (Å²) < 4.78 is 1.11. The summed E-state index contributed by atoms with van der Waals surface area (Å²) in [6, 6.07) is 8.34. The molecule has 1 atom stereocenters. The van der Waals surface area contributed by atoms with Crippen molar-refractivity contribution >= 4 is 15.9 Å². The van der Waals surface area contributed by atoms with Crippen LogP contribution in [0.1, 0.15) is 18.4 Å².